The van der Waals surface area contributed by atoms with Crippen molar-refractivity contribution >= 4 is 20.7 Å². The van der Waals surface area contributed by atoms with Crippen LogP contribution in [0.5, 0.6) is 5.75 Å². The number of rotatable bonds is 2. The smallest absolute Gasteiger partial charge is 0.347 e. The summed E-state index contributed by atoms with van der Waals surface area (Å²) in [5.74, 6) is 0.701. The zero-order chi connectivity index (χ0) is 18.3. The number of fused-ring (bicyclic) bond motifs is 2. The molecule has 0 aliphatic carbocycles. The number of aryl methyl sites for hydroxylation is 1. The summed E-state index contributed by atoms with van der Waals surface area (Å²) in [5.41, 5.74) is 1.12. The predicted octanol–water partition coefficient (Wildman–Crippen LogP) is 2.97. The average Bonchev–Trinajstić information content (AvgIpc) is 2.84. The zero-order valence-corrected chi connectivity index (χ0v) is 15.0. The Hall–Kier alpha value is -2.67. The molecule has 6 nitrogen and oxygen atoms in total. The Bertz CT molecular complexity index is 1160. The van der Waals surface area contributed by atoms with Crippen LogP contribution in [-0.2, 0) is 16.3 Å². The van der Waals surface area contributed by atoms with Crippen LogP contribution < -0.4 is 10.4 Å². The summed E-state index contributed by atoms with van der Waals surface area (Å²) >= 11 is 0. The van der Waals surface area contributed by atoms with Crippen molar-refractivity contribution in [3.8, 4) is 17.2 Å². The summed E-state index contributed by atoms with van der Waals surface area (Å²) in [6.07, 6.45) is 3.90. The Morgan fingerprint density at radius 2 is 1.92 bits per heavy atom. The van der Waals surface area contributed by atoms with E-state index in [1.165, 1.54) is 6.07 Å². The number of ether oxygens (including phenoxy) is 1. The van der Waals surface area contributed by atoms with Crippen LogP contribution in [0.3, 0.4) is 0 Å². The summed E-state index contributed by atoms with van der Waals surface area (Å²) in [5, 5.41) is 0.370. The lowest BCUT2D eigenvalue weighted by Gasteiger charge is -2.10. The van der Waals surface area contributed by atoms with E-state index in [2.05, 4.69) is 4.98 Å². The van der Waals surface area contributed by atoms with Crippen LogP contribution in [0.2, 0.25) is 0 Å². The molecule has 3 aromatic rings. The molecular weight excluding hydrogens is 354 g/mol. The molecule has 0 bridgehead atoms. The van der Waals surface area contributed by atoms with E-state index in [1.807, 2.05) is 0 Å². The largest absolute Gasteiger partial charge is 0.493 e. The van der Waals surface area contributed by atoms with Gasteiger partial charge in [0, 0.05) is 12.3 Å². The molecule has 1 aliphatic heterocycles. The molecule has 4 rings (SSSR count). The normalized spacial score (nSPS) is 14.5. The van der Waals surface area contributed by atoms with E-state index in [9.17, 15) is 13.2 Å². The lowest BCUT2D eigenvalue weighted by molar-refractivity contribution is 0.317. The van der Waals surface area contributed by atoms with Gasteiger partial charge in [0.1, 0.15) is 5.75 Å². The summed E-state index contributed by atoms with van der Waals surface area (Å²) in [6, 6.07) is 9.84. The van der Waals surface area contributed by atoms with Crippen molar-refractivity contribution in [2.45, 2.75) is 24.2 Å². The maximum absolute atomic E-state index is 12.5. The summed E-state index contributed by atoms with van der Waals surface area (Å²) in [6.45, 7) is 0.629. The summed E-state index contributed by atoms with van der Waals surface area (Å²) in [4.78, 5) is 17.0. The Kier molecular flexibility index (Phi) is 4.03. The van der Waals surface area contributed by atoms with Crippen molar-refractivity contribution in [3.63, 3.8) is 0 Å². The third-order valence-electron chi connectivity index (χ3n) is 4.43. The SMILES string of the molecule is CS(=O)(=O)c1ccccc1-c1nc2cc3c(cc2c(=O)o1)CCCCO3. The Balaban J connectivity index is 1.96. The number of hydrogen-bond acceptors (Lipinski definition) is 6. The van der Waals surface area contributed by atoms with Crippen LogP contribution in [0.4, 0.5) is 0 Å². The second kappa shape index (κ2) is 6.25. The van der Waals surface area contributed by atoms with E-state index >= 15 is 0 Å². The van der Waals surface area contributed by atoms with Gasteiger partial charge in [0.15, 0.2) is 9.84 Å². The highest BCUT2D eigenvalue weighted by Crippen LogP contribution is 2.30. The number of benzene rings is 2. The molecule has 0 spiro atoms. The fraction of sp³-hybridized carbons (Fsp3) is 0.263. The van der Waals surface area contributed by atoms with Crippen molar-refractivity contribution < 1.29 is 17.6 Å². The third-order valence-corrected chi connectivity index (χ3v) is 5.58. The molecule has 0 unspecified atom stereocenters. The van der Waals surface area contributed by atoms with E-state index < -0.39 is 15.5 Å². The molecule has 26 heavy (non-hydrogen) atoms. The molecule has 0 atom stereocenters. The van der Waals surface area contributed by atoms with E-state index in [-0.39, 0.29) is 16.3 Å². The molecule has 0 amide bonds. The van der Waals surface area contributed by atoms with Gasteiger partial charge >= 0.3 is 5.63 Å². The fourth-order valence-corrected chi connectivity index (χ4v) is 4.04. The first-order chi connectivity index (χ1) is 12.4. The number of aromatic nitrogens is 1. The van der Waals surface area contributed by atoms with Gasteiger partial charge in [-0.2, -0.15) is 0 Å². The minimum atomic E-state index is -3.49. The zero-order valence-electron chi connectivity index (χ0n) is 14.2. The Morgan fingerprint density at radius 3 is 2.73 bits per heavy atom. The van der Waals surface area contributed by atoms with Crippen LogP contribution in [0.25, 0.3) is 22.4 Å². The van der Waals surface area contributed by atoms with Gasteiger partial charge in [-0.15, -0.1) is 0 Å². The summed E-state index contributed by atoms with van der Waals surface area (Å²) < 4.78 is 35.2. The molecule has 2 aromatic carbocycles. The lowest BCUT2D eigenvalue weighted by Crippen LogP contribution is -2.07. The predicted molar refractivity (Wildman–Crippen MR) is 97.3 cm³/mol. The topological polar surface area (TPSA) is 86.5 Å². The van der Waals surface area contributed by atoms with Gasteiger partial charge in [-0.1, -0.05) is 12.1 Å². The molecule has 0 fully saturated rings. The van der Waals surface area contributed by atoms with Gasteiger partial charge < -0.3 is 9.15 Å². The van der Waals surface area contributed by atoms with Crippen molar-refractivity contribution in [1.82, 2.24) is 4.98 Å². The highest BCUT2D eigenvalue weighted by molar-refractivity contribution is 7.90. The van der Waals surface area contributed by atoms with Crippen LogP contribution in [0.1, 0.15) is 18.4 Å². The second-order valence-corrected chi connectivity index (χ2v) is 8.34. The summed E-state index contributed by atoms with van der Waals surface area (Å²) in [7, 11) is -3.49. The van der Waals surface area contributed by atoms with Crippen molar-refractivity contribution in [3.05, 3.63) is 52.4 Å². The van der Waals surface area contributed by atoms with Crippen molar-refractivity contribution in [1.29, 1.82) is 0 Å². The molecule has 7 heteroatoms. The van der Waals surface area contributed by atoms with Crippen LogP contribution in [0.15, 0.2) is 50.5 Å². The number of hydrogen-bond donors (Lipinski definition) is 0. The molecule has 0 saturated heterocycles. The molecule has 0 saturated carbocycles. The highest BCUT2D eigenvalue weighted by Gasteiger charge is 2.19. The molecule has 1 aromatic heterocycles. The van der Waals surface area contributed by atoms with E-state index in [4.69, 9.17) is 9.15 Å². The monoisotopic (exact) mass is 371 g/mol. The lowest BCUT2D eigenvalue weighted by atomic mass is 10.1. The quantitative estimate of drug-likeness (QED) is 0.688. The molecule has 0 radical (unpaired) electrons. The van der Waals surface area contributed by atoms with E-state index in [0.717, 1.165) is 36.8 Å². The van der Waals surface area contributed by atoms with Gasteiger partial charge in [-0.05, 0) is 43.0 Å². The van der Waals surface area contributed by atoms with Crippen molar-refractivity contribution in [2.75, 3.05) is 12.9 Å². The van der Waals surface area contributed by atoms with Gasteiger partial charge in [0.2, 0.25) is 5.89 Å². The first kappa shape index (κ1) is 16.8. The van der Waals surface area contributed by atoms with Gasteiger partial charge in [0.05, 0.1) is 28.0 Å². The van der Waals surface area contributed by atoms with Gasteiger partial charge in [0.25, 0.3) is 0 Å². The van der Waals surface area contributed by atoms with Crippen LogP contribution in [0, 0.1) is 0 Å². The fourth-order valence-electron chi connectivity index (χ4n) is 3.16. The van der Waals surface area contributed by atoms with E-state index in [0.29, 0.717) is 17.5 Å². The van der Waals surface area contributed by atoms with E-state index in [1.54, 1.807) is 30.3 Å². The van der Waals surface area contributed by atoms with Crippen LogP contribution >= 0.6 is 0 Å². The standard InChI is InChI=1S/C19H17NO5S/c1-26(22,23)17-8-3-2-7-13(17)18-20-15-11-16-12(6-4-5-9-24-16)10-14(15)19(21)25-18/h2-3,7-8,10-11H,4-6,9H2,1H3. The first-order valence-corrected chi connectivity index (χ1v) is 10.2. The Morgan fingerprint density at radius 1 is 1.12 bits per heavy atom. The number of sulfone groups is 1. The van der Waals surface area contributed by atoms with Gasteiger partial charge in [-0.3, -0.25) is 0 Å². The first-order valence-electron chi connectivity index (χ1n) is 8.33. The number of nitrogens with zero attached hydrogens (tertiary/aromatic N) is 1. The minimum Gasteiger partial charge on any atom is -0.493 e. The highest BCUT2D eigenvalue weighted by atomic mass is 32.2. The van der Waals surface area contributed by atoms with Crippen LogP contribution in [-0.4, -0.2) is 26.3 Å². The molecular formula is C19H17NO5S. The second-order valence-electron chi connectivity index (χ2n) is 6.36. The average molecular weight is 371 g/mol. The maximum atomic E-state index is 12.5. The molecule has 134 valence electrons. The molecule has 2 heterocycles. The molecule has 1 aliphatic rings. The minimum absolute atomic E-state index is 0.0166. The van der Waals surface area contributed by atoms with Crippen molar-refractivity contribution in [2.24, 2.45) is 0 Å². The molecule has 0 N–H and O–H groups in total. The Labute approximate surface area is 150 Å². The van der Waals surface area contributed by atoms with Gasteiger partial charge in [-0.25, -0.2) is 18.2 Å². The third kappa shape index (κ3) is 2.99. The maximum Gasteiger partial charge on any atom is 0.347 e.